The summed E-state index contributed by atoms with van der Waals surface area (Å²) in [6.07, 6.45) is 3.10. The number of hydrazine groups is 1. The highest BCUT2D eigenvalue weighted by atomic mass is 35.5. The number of carboxylic acids is 1. The second-order valence-corrected chi connectivity index (χ2v) is 9.82. The number of carbonyl (C=O) groups excluding carboxylic acids is 3. The summed E-state index contributed by atoms with van der Waals surface area (Å²) in [6, 6.07) is 9.26. The van der Waals surface area contributed by atoms with Gasteiger partial charge in [-0.25, -0.2) is 10.4 Å². The molecule has 1 fully saturated rings. The molecule has 0 aliphatic heterocycles. The number of aromatic hydroxyl groups is 1. The molecule has 0 unspecified atom stereocenters. The summed E-state index contributed by atoms with van der Waals surface area (Å²) in [7, 11) is 1.53. The number of phenols is 1. The van der Waals surface area contributed by atoms with Gasteiger partial charge in [0.25, 0.3) is 11.8 Å². The number of carboxylic acid groups (broad SMARTS) is 1. The summed E-state index contributed by atoms with van der Waals surface area (Å²) >= 11 is 6.40. The lowest BCUT2D eigenvalue weighted by Crippen LogP contribution is -2.57. The highest BCUT2D eigenvalue weighted by Crippen LogP contribution is 2.43. The Labute approximate surface area is 225 Å². The Morgan fingerprint density at radius 1 is 1.13 bits per heavy atom. The molecule has 3 rings (SSSR count). The fraction of sp³-hybridized carbons (Fsp3) is 0.407. The van der Waals surface area contributed by atoms with Crippen LogP contribution in [0.1, 0.15) is 65.3 Å². The molecule has 3 amide bonds. The first-order valence-corrected chi connectivity index (χ1v) is 12.7. The van der Waals surface area contributed by atoms with E-state index in [-0.39, 0.29) is 28.4 Å². The van der Waals surface area contributed by atoms with Crippen molar-refractivity contribution in [1.82, 2.24) is 15.8 Å². The van der Waals surface area contributed by atoms with E-state index in [1.807, 2.05) is 0 Å². The number of imide groups is 1. The molecule has 2 aromatic carbocycles. The summed E-state index contributed by atoms with van der Waals surface area (Å²) < 4.78 is 5.19. The van der Waals surface area contributed by atoms with Gasteiger partial charge in [-0.05, 0) is 62.1 Å². The van der Waals surface area contributed by atoms with E-state index < -0.39 is 35.1 Å². The van der Waals surface area contributed by atoms with Gasteiger partial charge in [0, 0.05) is 25.8 Å². The first kappa shape index (κ1) is 29.1. The van der Waals surface area contributed by atoms with Gasteiger partial charge in [-0.3, -0.25) is 19.2 Å². The number of aliphatic carboxylic acids is 1. The van der Waals surface area contributed by atoms with Crippen LogP contribution in [0.5, 0.6) is 5.75 Å². The Kier molecular flexibility index (Phi) is 9.84. The number of hydrogen-bond acceptors (Lipinski definition) is 7. The average Bonchev–Trinajstić information content (AvgIpc) is 3.38. The molecule has 204 valence electrons. The van der Waals surface area contributed by atoms with E-state index >= 15 is 0 Å². The Bertz CT molecular complexity index is 1200. The molecule has 1 saturated carbocycles. The van der Waals surface area contributed by atoms with Gasteiger partial charge in [0.15, 0.2) is 0 Å². The van der Waals surface area contributed by atoms with Crippen molar-refractivity contribution in [3.05, 3.63) is 64.2 Å². The van der Waals surface area contributed by atoms with Crippen LogP contribution in [0.4, 0.5) is 0 Å². The fourth-order valence-corrected chi connectivity index (χ4v) is 4.78. The largest absolute Gasteiger partial charge is 0.508 e. The van der Waals surface area contributed by atoms with Gasteiger partial charge in [-0.2, -0.15) is 0 Å². The van der Waals surface area contributed by atoms with Crippen LogP contribution in [-0.2, 0) is 20.9 Å². The van der Waals surface area contributed by atoms with Crippen LogP contribution in [0.3, 0.4) is 0 Å². The van der Waals surface area contributed by atoms with Crippen molar-refractivity contribution in [3.63, 3.8) is 0 Å². The number of hydrogen-bond donors (Lipinski definition) is 4. The molecule has 1 aliphatic rings. The lowest BCUT2D eigenvalue weighted by atomic mass is 9.81. The molecule has 0 spiro atoms. The molecule has 0 radical (unpaired) electrons. The first-order chi connectivity index (χ1) is 18.1. The quantitative estimate of drug-likeness (QED) is 0.248. The molecule has 0 bridgehead atoms. The molecule has 1 atom stereocenters. The van der Waals surface area contributed by atoms with Crippen molar-refractivity contribution < 1.29 is 34.1 Å². The van der Waals surface area contributed by atoms with E-state index in [0.717, 1.165) is 17.9 Å². The standard InChI is InChI=1S/C27H32ClN3O7/c1-17(25(35)36)30-31(26(37)27(12-13-38-2)10-3-4-11-27)24(34)21-9-8-19(15-22(21)28)23(33)29-16-18-6-5-7-20(32)14-18/h5-9,14-15,17,30,32H,3-4,10-13,16H2,1-2H3,(H,29,33)(H,35,36)/t17-/m0/s1. The zero-order valence-electron chi connectivity index (χ0n) is 21.3. The van der Waals surface area contributed by atoms with Crippen LogP contribution < -0.4 is 10.7 Å². The van der Waals surface area contributed by atoms with Crippen LogP contribution in [-0.4, -0.2) is 58.7 Å². The van der Waals surface area contributed by atoms with Crippen molar-refractivity contribution in [2.24, 2.45) is 5.41 Å². The van der Waals surface area contributed by atoms with E-state index in [0.29, 0.717) is 31.4 Å². The molecule has 10 nitrogen and oxygen atoms in total. The van der Waals surface area contributed by atoms with E-state index in [1.54, 1.807) is 12.1 Å². The molecule has 38 heavy (non-hydrogen) atoms. The van der Waals surface area contributed by atoms with E-state index in [1.165, 1.54) is 44.4 Å². The number of halogens is 1. The number of benzene rings is 2. The van der Waals surface area contributed by atoms with Gasteiger partial charge in [-0.15, -0.1) is 0 Å². The summed E-state index contributed by atoms with van der Waals surface area (Å²) in [5, 5.41) is 22.4. The molecule has 11 heteroatoms. The van der Waals surface area contributed by atoms with Gasteiger partial charge < -0.3 is 20.3 Å². The smallest absolute Gasteiger partial charge is 0.322 e. The third-order valence-electron chi connectivity index (χ3n) is 6.72. The van der Waals surface area contributed by atoms with Gasteiger partial charge >= 0.3 is 5.97 Å². The highest BCUT2D eigenvalue weighted by molar-refractivity contribution is 6.34. The monoisotopic (exact) mass is 545 g/mol. The second kappa shape index (κ2) is 12.9. The van der Waals surface area contributed by atoms with Crippen molar-refractivity contribution in [3.8, 4) is 5.75 Å². The maximum atomic E-state index is 13.7. The number of nitrogens with one attached hydrogen (secondary N) is 2. The zero-order chi connectivity index (χ0) is 27.9. The van der Waals surface area contributed by atoms with Crippen LogP contribution in [0, 0.1) is 5.41 Å². The third kappa shape index (κ3) is 6.89. The van der Waals surface area contributed by atoms with Gasteiger partial charge in [-0.1, -0.05) is 36.6 Å². The second-order valence-electron chi connectivity index (χ2n) is 9.41. The number of ether oxygens (including phenoxy) is 1. The van der Waals surface area contributed by atoms with Gasteiger partial charge in [0.2, 0.25) is 5.91 Å². The molecule has 0 aromatic heterocycles. The maximum absolute atomic E-state index is 13.7. The third-order valence-corrected chi connectivity index (χ3v) is 7.04. The molecular formula is C27H32ClN3O7. The van der Waals surface area contributed by atoms with Gasteiger partial charge in [0.05, 0.1) is 16.0 Å². The Balaban J connectivity index is 1.84. The van der Waals surface area contributed by atoms with E-state index in [4.69, 9.17) is 16.3 Å². The predicted molar refractivity (Wildman–Crippen MR) is 140 cm³/mol. The molecule has 0 saturated heterocycles. The van der Waals surface area contributed by atoms with Crippen molar-refractivity contribution in [2.45, 2.75) is 51.6 Å². The number of nitrogens with zero attached hydrogens (tertiary/aromatic N) is 1. The van der Waals surface area contributed by atoms with E-state index in [2.05, 4.69) is 10.7 Å². The predicted octanol–water partition coefficient (Wildman–Crippen LogP) is 3.52. The molecule has 1 aliphatic carbocycles. The highest BCUT2D eigenvalue weighted by Gasteiger charge is 2.46. The molecule has 2 aromatic rings. The summed E-state index contributed by atoms with van der Waals surface area (Å²) in [5.41, 5.74) is 2.49. The number of rotatable bonds is 11. The summed E-state index contributed by atoms with van der Waals surface area (Å²) in [4.78, 5) is 51.5. The van der Waals surface area contributed by atoms with E-state index in [9.17, 15) is 29.4 Å². The summed E-state index contributed by atoms with van der Waals surface area (Å²) in [5.74, 6) is -2.96. The lowest BCUT2D eigenvalue weighted by Gasteiger charge is -2.34. The normalized spacial score (nSPS) is 15.0. The van der Waals surface area contributed by atoms with Crippen molar-refractivity contribution in [1.29, 1.82) is 0 Å². The number of carbonyl (C=O) groups is 4. The maximum Gasteiger partial charge on any atom is 0.322 e. The lowest BCUT2D eigenvalue weighted by molar-refractivity contribution is -0.147. The van der Waals surface area contributed by atoms with Crippen LogP contribution >= 0.6 is 11.6 Å². The minimum Gasteiger partial charge on any atom is -0.508 e. The Morgan fingerprint density at radius 3 is 2.45 bits per heavy atom. The van der Waals surface area contributed by atoms with Crippen molar-refractivity contribution >= 4 is 35.3 Å². The number of phenolic OH excluding ortho intramolecular Hbond substituents is 1. The number of methoxy groups -OCH3 is 1. The van der Waals surface area contributed by atoms with Crippen molar-refractivity contribution in [2.75, 3.05) is 13.7 Å². The molecule has 0 heterocycles. The average molecular weight is 546 g/mol. The fourth-order valence-electron chi connectivity index (χ4n) is 4.52. The zero-order valence-corrected chi connectivity index (χ0v) is 22.1. The molecule has 4 N–H and O–H groups in total. The SMILES string of the molecule is COCCC1(C(=O)N(N[C@@H](C)C(=O)O)C(=O)c2ccc(C(=O)NCc3cccc(O)c3)cc2Cl)CCCC1. The Hall–Kier alpha value is -3.47. The Morgan fingerprint density at radius 2 is 1.84 bits per heavy atom. The van der Waals surface area contributed by atoms with Crippen LogP contribution in [0.2, 0.25) is 5.02 Å². The van der Waals surface area contributed by atoms with Gasteiger partial charge in [0.1, 0.15) is 11.8 Å². The number of amides is 3. The minimum atomic E-state index is -1.24. The van der Waals surface area contributed by atoms with Crippen LogP contribution in [0.15, 0.2) is 42.5 Å². The topological polar surface area (TPSA) is 145 Å². The molecular weight excluding hydrogens is 514 g/mol. The van der Waals surface area contributed by atoms with Crippen LogP contribution in [0.25, 0.3) is 0 Å². The first-order valence-electron chi connectivity index (χ1n) is 12.3. The minimum absolute atomic E-state index is 0.0606. The summed E-state index contributed by atoms with van der Waals surface area (Å²) in [6.45, 7) is 1.80.